The number of nitrogens with one attached hydrogen (secondary N) is 1. The van der Waals surface area contributed by atoms with Gasteiger partial charge in [0.15, 0.2) is 0 Å². The number of hydrogen-bond acceptors (Lipinski definition) is 3. The van der Waals surface area contributed by atoms with E-state index in [1.165, 1.54) is 24.3 Å². The number of halogens is 1. The summed E-state index contributed by atoms with van der Waals surface area (Å²) in [7, 11) is -3.46. The van der Waals surface area contributed by atoms with E-state index < -0.39 is 10.0 Å². The van der Waals surface area contributed by atoms with E-state index in [1.807, 2.05) is 36.4 Å². The molecule has 3 aromatic carbocycles. The Balaban J connectivity index is 1.43. The Labute approximate surface area is 175 Å². The summed E-state index contributed by atoms with van der Waals surface area (Å²) in [5, 5.41) is 0. The third kappa shape index (κ3) is 4.58. The molecule has 0 spiro atoms. The number of fused-ring (bicyclic) bond motifs is 1. The Hall–Kier alpha value is -3.03. The van der Waals surface area contributed by atoms with Crippen LogP contribution < -0.4 is 9.62 Å². The topological polar surface area (TPSA) is 66.5 Å². The minimum atomic E-state index is -3.46. The molecule has 0 bridgehead atoms. The number of amides is 1. The molecule has 5 nitrogen and oxygen atoms in total. The molecule has 0 aliphatic carbocycles. The highest BCUT2D eigenvalue weighted by Crippen LogP contribution is 2.30. The van der Waals surface area contributed by atoms with Crippen LogP contribution in [0.3, 0.4) is 0 Å². The summed E-state index contributed by atoms with van der Waals surface area (Å²) in [5.74, 6) is -0.628. The molecule has 1 amide bonds. The van der Waals surface area contributed by atoms with Crippen LogP contribution in [0, 0.1) is 5.82 Å². The zero-order valence-corrected chi connectivity index (χ0v) is 17.0. The van der Waals surface area contributed by atoms with Crippen LogP contribution in [0.5, 0.6) is 0 Å². The van der Waals surface area contributed by atoms with Crippen molar-refractivity contribution in [2.24, 2.45) is 0 Å². The fourth-order valence-electron chi connectivity index (χ4n) is 3.56. The Bertz CT molecular complexity index is 1160. The average molecular weight is 424 g/mol. The second-order valence-corrected chi connectivity index (χ2v) is 9.05. The fraction of sp³-hybridized carbons (Fsp3) is 0.174. The Kier molecular flexibility index (Phi) is 5.65. The first-order chi connectivity index (χ1) is 14.4. The molecule has 0 saturated carbocycles. The van der Waals surface area contributed by atoms with Gasteiger partial charge in [0, 0.05) is 24.3 Å². The van der Waals surface area contributed by atoms with Crippen molar-refractivity contribution in [2.75, 3.05) is 11.4 Å². The molecule has 1 aliphatic heterocycles. The maximum absolute atomic E-state index is 13.1. The Morgan fingerprint density at radius 1 is 0.967 bits per heavy atom. The van der Waals surface area contributed by atoms with Crippen LogP contribution in [0.15, 0.2) is 72.8 Å². The van der Waals surface area contributed by atoms with E-state index in [0.29, 0.717) is 18.5 Å². The monoisotopic (exact) mass is 424 g/mol. The quantitative estimate of drug-likeness (QED) is 0.657. The smallest absolute Gasteiger partial charge is 0.258 e. The van der Waals surface area contributed by atoms with Crippen molar-refractivity contribution >= 4 is 21.6 Å². The Morgan fingerprint density at radius 2 is 1.70 bits per heavy atom. The molecular formula is C23H21FN2O3S. The predicted octanol–water partition coefficient (Wildman–Crippen LogP) is 3.65. The standard InChI is InChI=1S/C23H21FN2O3S/c24-21-9-7-19(8-10-21)23(27)26-13-12-20-14-18(6-11-22(20)26)15-25-30(28,29)16-17-4-2-1-3-5-17/h1-11,14,25H,12-13,15-16H2. The molecule has 1 aliphatic rings. The van der Waals surface area contributed by atoms with Gasteiger partial charge in [0.2, 0.25) is 10.0 Å². The van der Waals surface area contributed by atoms with E-state index in [0.717, 1.165) is 22.4 Å². The van der Waals surface area contributed by atoms with Crippen LogP contribution in [0.25, 0.3) is 0 Å². The van der Waals surface area contributed by atoms with Gasteiger partial charge in [0.1, 0.15) is 5.82 Å². The van der Waals surface area contributed by atoms with E-state index in [2.05, 4.69) is 4.72 Å². The highest BCUT2D eigenvalue weighted by atomic mass is 32.2. The molecule has 1 N–H and O–H groups in total. The average Bonchev–Trinajstić information content (AvgIpc) is 3.16. The number of nitrogens with zero attached hydrogens (tertiary/aromatic N) is 1. The van der Waals surface area contributed by atoms with Crippen molar-refractivity contribution in [2.45, 2.75) is 18.7 Å². The van der Waals surface area contributed by atoms with Crippen molar-refractivity contribution in [3.63, 3.8) is 0 Å². The second-order valence-electron chi connectivity index (χ2n) is 7.24. The minimum absolute atomic E-state index is 0.0707. The predicted molar refractivity (Wildman–Crippen MR) is 114 cm³/mol. The molecule has 0 unspecified atom stereocenters. The first kappa shape index (κ1) is 20.3. The van der Waals surface area contributed by atoms with Gasteiger partial charge in [-0.15, -0.1) is 0 Å². The van der Waals surface area contributed by atoms with Crippen LogP contribution in [-0.4, -0.2) is 20.9 Å². The van der Waals surface area contributed by atoms with E-state index in [-0.39, 0.29) is 24.0 Å². The van der Waals surface area contributed by atoms with Crippen LogP contribution in [0.4, 0.5) is 10.1 Å². The molecule has 0 atom stereocenters. The number of sulfonamides is 1. The fourth-order valence-corrected chi connectivity index (χ4v) is 4.68. The summed E-state index contributed by atoms with van der Waals surface area (Å²) >= 11 is 0. The highest BCUT2D eigenvalue weighted by Gasteiger charge is 2.26. The maximum Gasteiger partial charge on any atom is 0.258 e. The highest BCUT2D eigenvalue weighted by molar-refractivity contribution is 7.88. The SMILES string of the molecule is O=C(c1ccc(F)cc1)N1CCc2cc(CNS(=O)(=O)Cc3ccccc3)ccc21. The number of carbonyl (C=O) groups is 1. The van der Waals surface area contributed by atoms with Gasteiger partial charge < -0.3 is 4.90 Å². The van der Waals surface area contributed by atoms with Crippen LogP contribution >= 0.6 is 0 Å². The zero-order chi connectivity index (χ0) is 21.1. The molecule has 154 valence electrons. The molecule has 0 radical (unpaired) electrons. The van der Waals surface area contributed by atoms with Gasteiger partial charge in [-0.1, -0.05) is 42.5 Å². The van der Waals surface area contributed by atoms with Gasteiger partial charge in [-0.25, -0.2) is 17.5 Å². The molecule has 0 aromatic heterocycles. The first-order valence-electron chi connectivity index (χ1n) is 9.62. The lowest BCUT2D eigenvalue weighted by atomic mass is 10.1. The number of hydrogen-bond donors (Lipinski definition) is 1. The van der Waals surface area contributed by atoms with Crippen molar-refractivity contribution in [3.05, 3.63) is 101 Å². The van der Waals surface area contributed by atoms with Crippen molar-refractivity contribution in [1.82, 2.24) is 4.72 Å². The molecule has 0 fully saturated rings. The normalized spacial score (nSPS) is 13.3. The molecule has 4 rings (SSSR count). The number of carbonyl (C=O) groups excluding carboxylic acids is 1. The summed E-state index contributed by atoms with van der Waals surface area (Å²) in [6.45, 7) is 0.725. The van der Waals surface area contributed by atoms with Crippen LogP contribution in [-0.2, 0) is 28.7 Å². The van der Waals surface area contributed by atoms with Crippen molar-refractivity contribution in [1.29, 1.82) is 0 Å². The third-order valence-electron chi connectivity index (χ3n) is 5.07. The van der Waals surface area contributed by atoms with E-state index >= 15 is 0 Å². The molecular weight excluding hydrogens is 403 g/mol. The van der Waals surface area contributed by atoms with E-state index in [4.69, 9.17) is 0 Å². The summed E-state index contributed by atoms with van der Waals surface area (Å²) in [4.78, 5) is 14.4. The third-order valence-corrected chi connectivity index (χ3v) is 6.37. The lowest BCUT2D eigenvalue weighted by Crippen LogP contribution is -2.28. The summed E-state index contributed by atoms with van der Waals surface area (Å²) in [6.07, 6.45) is 0.687. The maximum atomic E-state index is 13.1. The lowest BCUT2D eigenvalue weighted by molar-refractivity contribution is 0.0989. The second kappa shape index (κ2) is 8.38. The summed E-state index contributed by atoms with van der Waals surface area (Å²) in [5.41, 5.74) is 3.79. The van der Waals surface area contributed by atoms with Crippen LogP contribution in [0.2, 0.25) is 0 Å². The molecule has 30 heavy (non-hydrogen) atoms. The zero-order valence-electron chi connectivity index (χ0n) is 16.2. The number of anilines is 1. The van der Waals surface area contributed by atoms with E-state index in [1.54, 1.807) is 17.0 Å². The van der Waals surface area contributed by atoms with Crippen LogP contribution in [0.1, 0.15) is 27.0 Å². The first-order valence-corrected chi connectivity index (χ1v) is 11.3. The largest absolute Gasteiger partial charge is 0.308 e. The van der Waals surface area contributed by atoms with Crippen molar-refractivity contribution in [3.8, 4) is 0 Å². The lowest BCUT2D eigenvalue weighted by Gasteiger charge is -2.18. The van der Waals surface area contributed by atoms with Gasteiger partial charge in [-0.3, -0.25) is 4.79 Å². The van der Waals surface area contributed by atoms with E-state index in [9.17, 15) is 17.6 Å². The van der Waals surface area contributed by atoms with Gasteiger partial charge in [0.25, 0.3) is 5.91 Å². The van der Waals surface area contributed by atoms with Gasteiger partial charge in [-0.05, 0) is 53.4 Å². The minimum Gasteiger partial charge on any atom is -0.308 e. The van der Waals surface area contributed by atoms with Crippen molar-refractivity contribution < 1.29 is 17.6 Å². The summed E-state index contributed by atoms with van der Waals surface area (Å²) in [6, 6.07) is 20.1. The molecule has 7 heteroatoms. The number of benzene rings is 3. The van der Waals surface area contributed by atoms with Gasteiger partial charge in [0.05, 0.1) is 5.75 Å². The van der Waals surface area contributed by atoms with Gasteiger partial charge in [-0.2, -0.15) is 0 Å². The number of rotatable bonds is 6. The Morgan fingerprint density at radius 3 is 2.43 bits per heavy atom. The van der Waals surface area contributed by atoms with Gasteiger partial charge >= 0.3 is 0 Å². The molecule has 0 saturated heterocycles. The molecule has 3 aromatic rings. The summed E-state index contributed by atoms with van der Waals surface area (Å²) < 4.78 is 40.4. The molecule has 1 heterocycles.